The predicted molar refractivity (Wildman–Crippen MR) is 62.6 cm³/mol. The Balaban J connectivity index is 2.85. The summed E-state index contributed by atoms with van der Waals surface area (Å²) < 4.78 is 10.3. The summed E-state index contributed by atoms with van der Waals surface area (Å²) >= 11 is 0. The molecule has 0 aliphatic heterocycles. The highest BCUT2D eigenvalue weighted by molar-refractivity contribution is 5.95. The van der Waals surface area contributed by atoms with Crippen LogP contribution in [0.3, 0.4) is 0 Å². The summed E-state index contributed by atoms with van der Waals surface area (Å²) in [5, 5.41) is 0. The first-order valence-electron chi connectivity index (χ1n) is 5.38. The van der Waals surface area contributed by atoms with E-state index in [1.807, 2.05) is 6.92 Å². The minimum absolute atomic E-state index is 0.332. The highest BCUT2D eigenvalue weighted by Gasteiger charge is 2.11. The molecule has 88 valence electrons. The van der Waals surface area contributed by atoms with Gasteiger partial charge in [-0.1, -0.05) is 6.92 Å². The highest BCUT2D eigenvalue weighted by atomic mass is 16.5. The van der Waals surface area contributed by atoms with Crippen molar-refractivity contribution in [3.05, 3.63) is 23.8 Å². The number of anilines is 1. The molecule has 2 N–H and O–H groups in total. The van der Waals surface area contributed by atoms with Crippen LogP contribution in [-0.2, 0) is 4.74 Å². The molecule has 4 heteroatoms. The third kappa shape index (κ3) is 3.15. The first-order chi connectivity index (χ1) is 7.69. The summed E-state index contributed by atoms with van der Waals surface area (Å²) in [5.41, 5.74) is 6.45. The molecule has 4 nitrogen and oxygen atoms in total. The molecule has 1 aromatic carbocycles. The summed E-state index contributed by atoms with van der Waals surface area (Å²) in [7, 11) is 0. The standard InChI is InChI=1S/C12H17NO3/c1-3-7-16-9-5-6-11(13)10(8-9)12(14)15-4-2/h5-6,8H,3-4,7,13H2,1-2H3. The number of nitrogens with two attached hydrogens (primary N) is 1. The molecule has 0 aliphatic rings. The minimum atomic E-state index is -0.415. The van der Waals surface area contributed by atoms with E-state index >= 15 is 0 Å². The van der Waals surface area contributed by atoms with Crippen LogP contribution in [0.1, 0.15) is 30.6 Å². The molecule has 0 atom stereocenters. The zero-order chi connectivity index (χ0) is 12.0. The van der Waals surface area contributed by atoms with Crippen LogP contribution >= 0.6 is 0 Å². The van der Waals surface area contributed by atoms with Crippen LogP contribution in [0.2, 0.25) is 0 Å². The van der Waals surface area contributed by atoms with Gasteiger partial charge in [-0.2, -0.15) is 0 Å². The van der Waals surface area contributed by atoms with E-state index in [-0.39, 0.29) is 0 Å². The molecule has 1 aromatic rings. The molecule has 0 saturated heterocycles. The lowest BCUT2D eigenvalue weighted by molar-refractivity contribution is 0.0527. The van der Waals surface area contributed by atoms with E-state index in [4.69, 9.17) is 15.2 Å². The predicted octanol–water partition coefficient (Wildman–Crippen LogP) is 2.23. The number of hydrogen-bond acceptors (Lipinski definition) is 4. The zero-order valence-electron chi connectivity index (χ0n) is 9.66. The van der Waals surface area contributed by atoms with Gasteiger partial charge in [0, 0.05) is 5.69 Å². The molecule has 0 amide bonds. The van der Waals surface area contributed by atoms with Gasteiger partial charge in [0.25, 0.3) is 0 Å². The summed E-state index contributed by atoms with van der Waals surface area (Å²) in [4.78, 5) is 11.5. The number of esters is 1. The van der Waals surface area contributed by atoms with Gasteiger partial charge >= 0.3 is 5.97 Å². The van der Waals surface area contributed by atoms with Gasteiger partial charge in [-0.25, -0.2) is 4.79 Å². The lowest BCUT2D eigenvalue weighted by Gasteiger charge is -2.09. The summed E-state index contributed by atoms with van der Waals surface area (Å²) in [6.45, 7) is 4.72. The maximum Gasteiger partial charge on any atom is 0.340 e. The van der Waals surface area contributed by atoms with Crippen molar-refractivity contribution >= 4 is 11.7 Å². The summed E-state index contributed by atoms with van der Waals surface area (Å²) in [6.07, 6.45) is 0.916. The third-order valence-corrected chi connectivity index (χ3v) is 1.99. The van der Waals surface area contributed by atoms with Crippen molar-refractivity contribution in [2.45, 2.75) is 20.3 Å². The summed E-state index contributed by atoms with van der Waals surface area (Å²) in [6, 6.07) is 5.01. The van der Waals surface area contributed by atoms with Gasteiger partial charge in [-0.3, -0.25) is 0 Å². The Bertz CT molecular complexity index is 363. The van der Waals surface area contributed by atoms with Crippen LogP contribution in [0.15, 0.2) is 18.2 Å². The molecule has 0 radical (unpaired) electrons. The van der Waals surface area contributed by atoms with Crippen LogP contribution in [0.25, 0.3) is 0 Å². The number of benzene rings is 1. The fourth-order valence-electron chi connectivity index (χ4n) is 1.23. The molecular weight excluding hydrogens is 206 g/mol. The van der Waals surface area contributed by atoms with Crippen LogP contribution in [0, 0.1) is 0 Å². The molecule has 1 rings (SSSR count). The largest absolute Gasteiger partial charge is 0.494 e. The molecule has 0 heterocycles. The lowest BCUT2D eigenvalue weighted by atomic mass is 10.2. The van der Waals surface area contributed by atoms with E-state index in [1.165, 1.54) is 0 Å². The van der Waals surface area contributed by atoms with Crippen molar-refractivity contribution in [3.8, 4) is 5.75 Å². The van der Waals surface area contributed by atoms with E-state index in [2.05, 4.69) is 0 Å². The fraction of sp³-hybridized carbons (Fsp3) is 0.417. The van der Waals surface area contributed by atoms with E-state index in [1.54, 1.807) is 25.1 Å². The van der Waals surface area contributed by atoms with Crippen LogP contribution in [0.5, 0.6) is 5.75 Å². The molecule has 0 saturated carbocycles. The first kappa shape index (κ1) is 12.4. The Kier molecular flexibility index (Phi) is 4.64. The Morgan fingerprint density at radius 3 is 2.75 bits per heavy atom. The number of rotatable bonds is 5. The smallest absolute Gasteiger partial charge is 0.340 e. The van der Waals surface area contributed by atoms with Gasteiger partial charge in [-0.05, 0) is 31.5 Å². The SMILES string of the molecule is CCCOc1ccc(N)c(C(=O)OCC)c1. The van der Waals surface area contributed by atoms with Gasteiger partial charge in [0.2, 0.25) is 0 Å². The topological polar surface area (TPSA) is 61.5 Å². The molecular formula is C12H17NO3. The molecule has 0 unspecified atom stereocenters. The quantitative estimate of drug-likeness (QED) is 0.614. The van der Waals surface area contributed by atoms with Crippen molar-refractivity contribution in [2.24, 2.45) is 0 Å². The van der Waals surface area contributed by atoms with Crippen LogP contribution in [0.4, 0.5) is 5.69 Å². The Labute approximate surface area is 95.3 Å². The first-order valence-corrected chi connectivity index (χ1v) is 5.38. The molecule has 0 fully saturated rings. The van der Waals surface area contributed by atoms with Crippen LogP contribution < -0.4 is 10.5 Å². The lowest BCUT2D eigenvalue weighted by Crippen LogP contribution is -2.08. The highest BCUT2D eigenvalue weighted by Crippen LogP contribution is 2.20. The van der Waals surface area contributed by atoms with Crippen molar-refractivity contribution < 1.29 is 14.3 Å². The number of nitrogen functional groups attached to an aromatic ring is 1. The third-order valence-electron chi connectivity index (χ3n) is 1.99. The Morgan fingerprint density at radius 1 is 1.38 bits per heavy atom. The van der Waals surface area contributed by atoms with E-state index in [0.29, 0.717) is 30.2 Å². The van der Waals surface area contributed by atoms with Crippen LogP contribution in [-0.4, -0.2) is 19.2 Å². The number of carbonyl (C=O) groups is 1. The van der Waals surface area contributed by atoms with Gasteiger partial charge in [0.05, 0.1) is 18.8 Å². The number of hydrogen-bond donors (Lipinski definition) is 1. The maximum atomic E-state index is 11.5. The second-order valence-corrected chi connectivity index (χ2v) is 3.32. The van der Waals surface area contributed by atoms with Gasteiger partial charge < -0.3 is 15.2 Å². The average molecular weight is 223 g/mol. The number of ether oxygens (including phenoxy) is 2. The fourth-order valence-corrected chi connectivity index (χ4v) is 1.23. The Morgan fingerprint density at radius 2 is 2.12 bits per heavy atom. The molecule has 0 aromatic heterocycles. The van der Waals surface area contributed by atoms with E-state index in [0.717, 1.165) is 6.42 Å². The normalized spacial score (nSPS) is 9.88. The average Bonchev–Trinajstić information content (AvgIpc) is 2.28. The monoisotopic (exact) mass is 223 g/mol. The van der Waals surface area contributed by atoms with E-state index < -0.39 is 5.97 Å². The van der Waals surface area contributed by atoms with Gasteiger partial charge in [0.15, 0.2) is 0 Å². The minimum Gasteiger partial charge on any atom is -0.494 e. The number of carbonyl (C=O) groups excluding carboxylic acids is 1. The Hall–Kier alpha value is -1.71. The second kappa shape index (κ2) is 6.00. The van der Waals surface area contributed by atoms with Crippen molar-refractivity contribution in [1.82, 2.24) is 0 Å². The van der Waals surface area contributed by atoms with Crippen molar-refractivity contribution in [3.63, 3.8) is 0 Å². The van der Waals surface area contributed by atoms with Gasteiger partial charge in [0.1, 0.15) is 5.75 Å². The molecule has 0 aliphatic carbocycles. The molecule has 0 bridgehead atoms. The second-order valence-electron chi connectivity index (χ2n) is 3.32. The van der Waals surface area contributed by atoms with Crippen molar-refractivity contribution in [2.75, 3.05) is 18.9 Å². The zero-order valence-corrected chi connectivity index (χ0v) is 9.66. The molecule has 16 heavy (non-hydrogen) atoms. The van der Waals surface area contributed by atoms with Crippen molar-refractivity contribution in [1.29, 1.82) is 0 Å². The summed E-state index contributed by atoms with van der Waals surface area (Å²) in [5.74, 6) is 0.223. The molecule has 0 spiro atoms. The van der Waals surface area contributed by atoms with E-state index in [9.17, 15) is 4.79 Å². The maximum absolute atomic E-state index is 11.5. The van der Waals surface area contributed by atoms with Gasteiger partial charge in [-0.15, -0.1) is 0 Å².